The van der Waals surface area contributed by atoms with E-state index in [0.29, 0.717) is 6.54 Å². The van der Waals surface area contributed by atoms with Crippen LogP contribution in [0.3, 0.4) is 0 Å². The smallest absolute Gasteiger partial charge is 0.237 e. The van der Waals surface area contributed by atoms with E-state index >= 15 is 0 Å². The van der Waals surface area contributed by atoms with Crippen LogP contribution < -0.4 is 0 Å². The number of aliphatic hydroxyl groups is 1. The van der Waals surface area contributed by atoms with E-state index in [4.69, 9.17) is 0 Å². The normalized spacial score (nSPS) is 26.9. The second-order valence-electron chi connectivity index (χ2n) is 7.03. The molecule has 2 fully saturated rings. The van der Waals surface area contributed by atoms with Gasteiger partial charge in [-0.1, -0.05) is 19.3 Å². The van der Waals surface area contributed by atoms with Gasteiger partial charge < -0.3 is 10.0 Å². The second kappa shape index (κ2) is 7.43. The Morgan fingerprint density at radius 2 is 2.09 bits per heavy atom. The van der Waals surface area contributed by atoms with Gasteiger partial charge >= 0.3 is 0 Å². The van der Waals surface area contributed by atoms with Gasteiger partial charge in [-0.2, -0.15) is 5.26 Å². The first kappa shape index (κ1) is 17.2. The van der Waals surface area contributed by atoms with Gasteiger partial charge in [-0.3, -0.25) is 9.69 Å². The molecule has 1 saturated carbocycles. The monoisotopic (exact) mass is 307 g/mol. The molecule has 0 bridgehead atoms. The van der Waals surface area contributed by atoms with Crippen LogP contribution in [0.2, 0.25) is 0 Å². The number of amides is 1. The lowest BCUT2D eigenvalue weighted by Gasteiger charge is -2.41. The third kappa shape index (κ3) is 3.80. The van der Waals surface area contributed by atoms with Gasteiger partial charge in [-0.05, 0) is 45.1 Å². The molecule has 2 aliphatic rings. The summed E-state index contributed by atoms with van der Waals surface area (Å²) in [6.07, 6.45) is 6.53. The number of carbonyl (C=O) groups is 1. The predicted molar refractivity (Wildman–Crippen MR) is 85.0 cm³/mol. The average Bonchev–Trinajstić information content (AvgIpc) is 2.55. The lowest BCUT2D eigenvalue weighted by molar-refractivity contribution is -0.136. The van der Waals surface area contributed by atoms with E-state index in [1.165, 1.54) is 0 Å². The summed E-state index contributed by atoms with van der Waals surface area (Å²) < 4.78 is 0. The van der Waals surface area contributed by atoms with Crippen LogP contribution >= 0.6 is 0 Å². The number of hydrogen-bond donors (Lipinski definition) is 1. The predicted octanol–water partition coefficient (Wildman–Crippen LogP) is 1.76. The topological polar surface area (TPSA) is 67.6 Å². The maximum Gasteiger partial charge on any atom is 0.237 e. The molecule has 124 valence electrons. The molecule has 5 heteroatoms. The maximum absolute atomic E-state index is 12.6. The number of nitrogens with zero attached hydrogens (tertiary/aromatic N) is 3. The Bertz CT molecular complexity index is 424. The van der Waals surface area contributed by atoms with Crippen molar-refractivity contribution in [1.29, 1.82) is 5.26 Å². The number of carbonyl (C=O) groups excluding carboxylic acids is 1. The Labute approximate surface area is 133 Å². The number of piperidine rings is 1. The van der Waals surface area contributed by atoms with Crippen LogP contribution in [-0.4, -0.2) is 59.1 Å². The number of aliphatic hydroxyl groups excluding tert-OH is 1. The molecule has 0 radical (unpaired) electrons. The molecule has 0 aromatic rings. The van der Waals surface area contributed by atoms with E-state index in [0.717, 1.165) is 58.0 Å². The van der Waals surface area contributed by atoms with Crippen LogP contribution in [0.15, 0.2) is 0 Å². The molecule has 2 unspecified atom stereocenters. The molecule has 1 aliphatic heterocycles. The molecular formula is C17H29N3O2. The summed E-state index contributed by atoms with van der Waals surface area (Å²) in [5, 5.41) is 19.3. The van der Waals surface area contributed by atoms with Crippen molar-refractivity contribution in [2.24, 2.45) is 5.92 Å². The molecule has 5 nitrogen and oxygen atoms in total. The van der Waals surface area contributed by atoms with Gasteiger partial charge in [-0.15, -0.1) is 0 Å². The van der Waals surface area contributed by atoms with Gasteiger partial charge in [0.05, 0.1) is 18.7 Å². The highest BCUT2D eigenvalue weighted by Gasteiger charge is 2.39. The molecule has 2 rings (SSSR count). The first-order chi connectivity index (χ1) is 10.5. The van der Waals surface area contributed by atoms with Crippen molar-refractivity contribution in [3.8, 4) is 6.07 Å². The zero-order valence-electron chi connectivity index (χ0n) is 13.9. The van der Waals surface area contributed by atoms with Crippen molar-refractivity contribution in [3.63, 3.8) is 0 Å². The van der Waals surface area contributed by atoms with Crippen molar-refractivity contribution in [1.82, 2.24) is 9.80 Å². The molecule has 1 heterocycles. The molecule has 22 heavy (non-hydrogen) atoms. The van der Waals surface area contributed by atoms with E-state index in [9.17, 15) is 15.2 Å². The molecule has 1 N–H and O–H groups in total. The summed E-state index contributed by atoms with van der Waals surface area (Å²) in [6.45, 7) is 3.87. The lowest BCUT2D eigenvalue weighted by Crippen LogP contribution is -2.53. The zero-order valence-corrected chi connectivity index (χ0v) is 13.9. The Morgan fingerprint density at radius 1 is 1.41 bits per heavy atom. The molecule has 1 aliphatic carbocycles. The number of likely N-dealkylation sites (tertiary alicyclic amines) is 1. The van der Waals surface area contributed by atoms with Gasteiger partial charge in [-0.25, -0.2) is 0 Å². The summed E-state index contributed by atoms with van der Waals surface area (Å²) >= 11 is 0. The van der Waals surface area contributed by atoms with Gasteiger partial charge in [0.1, 0.15) is 5.54 Å². The fourth-order valence-corrected chi connectivity index (χ4v) is 3.82. The summed E-state index contributed by atoms with van der Waals surface area (Å²) in [5.74, 6) is 0.293. The van der Waals surface area contributed by atoms with Gasteiger partial charge in [0.25, 0.3) is 0 Å². The van der Waals surface area contributed by atoms with Crippen molar-refractivity contribution in [2.75, 3.05) is 26.7 Å². The highest BCUT2D eigenvalue weighted by Crippen LogP contribution is 2.32. The molecule has 2 atom stereocenters. The van der Waals surface area contributed by atoms with Gasteiger partial charge in [0.2, 0.25) is 5.91 Å². The molecule has 0 aromatic carbocycles. The van der Waals surface area contributed by atoms with Gasteiger partial charge in [0, 0.05) is 13.6 Å². The number of nitriles is 1. The lowest BCUT2D eigenvalue weighted by atomic mass is 9.81. The third-order valence-corrected chi connectivity index (χ3v) is 5.49. The van der Waals surface area contributed by atoms with Crippen molar-refractivity contribution in [3.05, 3.63) is 0 Å². The van der Waals surface area contributed by atoms with Gasteiger partial charge in [0.15, 0.2) is 0 Å². The molecule has 0 aromatic heterocycles. The fourth-order valence-electron chi connectivity index (χ4n) is 3.82. The van der Waals surface area contributed by atoms with Crippen LogP contribution in [-0.2, 0) is 4.79 Å². The van der Waals surface area contributed by atoms with E-state index in [-0.39, 0.29) is 17.9 Å². The Hall–Kier alpha value is -1.12. The van der Waals surface area contributed by atoms with Crippen molar-refractivity contribution >= 4 is 5.91 Å². The number of hydrogen-bond acceptors (Lipinski definition) is 4. The molecule has 1 saturated heterocycles. The van der Waals surface area contributed by atoms with Crippen LogP contribution in [0, 0.1) is 17.2 Å². The average molecular weight is 307 g/mol. The maximum atomic E-state index is 12.6. The SMILES string of the molecule is CC(O)C1CCCN(CC(=O)N(C)C2(C#N)CCCCC2)C1. The second-order valence-corrected chi connectivity index (χ2v) is 7.03. The first-order valence-corrected chi connectivity index (χ1v) is 8.57. The third-order valence-electron chi connectivity index (χ3n) is 5.49. The quantitative estimate of drug-likeness (QED) is 0.859. The van der Waals surface area contributed by atoms with E-state index in [2.05, 4.69) is 11.0 Å². The molecule has 0 spiro atoms. The number of rotatable bonds is 4. The Morgan fingerprint density at radius 3 is 2.68 bits per heavy atom. The van der Waals surface area contributed by atoms with E-state index < -0.39 is 5.54 Å². The standard InChI is InChI=1S/C17H29N3O2/c1-14(21)15-7-6-10-20(11-15)12-16(22)19(2)17(13-18)8-4-3-5-9-17/h14-15,21H,3-12H2,1-2H3. The van der Waals surface area contributed by atoms with Crippen LogP contribution in [0.25, 0.3) is 0 Å². The van der Waals surface area contributed by atoms with Crippen molar-refractivity contribution in [2.45, 2.75) is 63.5 Å². The summed E-state index contributed by atoms with van der Waals surface area (Å²) in [7, 11) is 1.78. The fraction of sp³-hybridized carbons (Fsp3) is 0.882. The molecule has 1 amide bonds. The minimum Gasteiger partial charge on any atom is -0.393 e. The zero-order chi connectivity index (χ0) is 16.2. The van der Waals surface area contributed by atoms with Crippen LogP contribution in [0.1, 0.15) is 51.9 Å². The van der Waals surface area contributed by atoms with Crippen molar-refractivity contribution < 1.29 is 9.90 Å². The Kier molecular flexibility index (Phi) is 5.82. The minimum atomic E-state index is -0.602. The Balaban J connectivity index is 1.94. The summed E-state index contributed by atoms with van der Waals surface area (Å²) in [5.41, 5.74) is -0.602. The highest BCUT2D eigenvalue weighted by atomic mass is 16.3. The molecular weight excluding hydrogens is 278 g/mol. The van der Waals surface area contributed by atoms with Crippen LogP contribution in [0.5, 0.6) is 0 Å². The van der Waals surface area contributed by atoms with Crippen LogP contribution in [0.4, 0.5) is 0 Å². The first-order valence-electron chi connectivity index (χ1n) is 8.57. The minimum absolute atomic E-state index is 0.0368. The summed E-state index contributed by atoms with van der Waals surface area (Å²) in [4.78, 5) is 16.4. The largest absolute Gasteiger partial charge is 0.393 e. The van der Waals surface area contributed by atoms with E-state index in [1.54, 1.807) is 11.9 Å². The van der Waals surface area contributed by atoms with E-state index in [1.807, 2.05) is 6.92 Å². The number of likely N-dealkylation sites (N-methyl/N-ethyl adjacent to an activating group) is 1. The highest BCUT2D eigenvalue weighted by molar-refractivity contribution is 5.79. The summed E-state index contributed by atoms with van der Waals surface area (Å²) in [6, 6.07) is 2.41.